The standard InChI is InChI=1S/C25H36N2O2/c1-16(2)14-28-20-11-22-18(4)9-8-17(3)19-10-21(23(12-20)27-22)24(26-13-19)29-15-25(5,6)7/h10-13,16-18H,8-9,14-15H2,1-7H3. The Morgan fingerprint density at radius 1 is 1.03 bits per heavy atom. The van der Waals surface area contributed by atoms with E-state index in [0.717, 1.165) is 35.5 Å². The summed E-state index contributed by atoms with van der Waals surface area (Å²) in [6, 6.07) is 6.36. The van der Waals surface area contributed by atoms with Gasteiger partial charge in [0, 0.05) is 24.0 Å². The maximum atomic E-state index is 6.16. The second-order valence-corrected chi connectivity index (χ2v) is 10.2. The van der Waals surface area contributed by atoms with Gasteiger partial charge in [-0.15, -0.1) is 0 Å². The lowest BCUT2D eigenvalue weighted by Gasteiger charge is -2.23. The number of rotatable bonds is 5. The Morgan fingerprint density at radius 2 is 1.76 bits per heavy atom. The fraction of sp³-hybridized carbons (Fsp3) is 0.600. The van der Waals surface area contributed by atoms with Gasteiger partial charge in [-0.3, -0.25) is 4.98 Å². The number of ether oxygens (including phenoxy) is 2. The third-order valence-corrected chi connectivity index (χ3v) is 5.30. The summed E-state index contributed by atoms with van der Waals surface area (Å²) < 4.78 is 12.2. The van der Waals surface area contributed by atoms with Gasteiger partial charge in [-0.05, 0) is 47.6 Å². The molecule has 4 heteroatoms. The average Bonchev–Trinajstić information content (AvgIpc) is 2.67. The molecular weight excluding hydrogens is 360 g/mol. The Labute approximate surface area is 176 Å². The second-order valence-electron chi connectivity index (χ2n) is 10.2. The first kappa shape index (κ1) is 21.6. The zero-order valence-electron chi connectivity index (χ0n) is 19.1. The van der Waals surface area contributed by atoms with E-state index in [1.54, 1.807) is 0 Å². The Balaban J connectivity index is 2.09. The van der Waals surface area contributed by atoms with Crippen molar-refractivity contribution in [2.24, 2.45) is 11.3 Å². The molecule has 3 rings (SSSR count). The van der Waals surface area contributed by atoms with Crippen LogP contribution >= 0.6 is 0 Å². The summed E-state index contributed by atoms with van der Waals surface area (Å²) >= 11 is 0. The zero-order valence-corrected chi connectivity index (χ0v) is 19.1. The van der Waals surface area contributed by atoms with Crippen molar-refractivity contribution in [2.45, 2.75) is 73.1 Å². The van der Waals surface area contributed by atoms with Crippen LogP contribution in [0.3, 0.4) is 0 Å². The first-order valence-corrected chi connectivity index (χ1v) is 10.9. The molecule has 0 saturated carbocycles. The minimum absolute atomic E-state index is 0.0612. The summed E-state index contributed by atoms with van der Waals surface area (Å²) in [5.74, 6) is 2.86. The monoisotopic (exact) mass is 396 g/mol. The molecule has 4 nitrogen and oxygen atoms in total. The Hall–Kier alpha value is -2.10. The van der Waals surface area contributed by atoms with Crippen LogP contribution in [0.5, 0.6) is 11.6 Å². The van der Waals surface area contributed by atoms with E-state index in [9.17, 15) is 0 Å². The minimum atomic E-state index is 0.0612. The van der Waals surface area contributed by atoms with E-state index in [1.807, 2.05) is 12.3 Å². The zero-order chi connectivity index (χ0) is 21.2. The highest BCUT2D eigenvalue weighted by Crippen LogP contribution is 2.37. The predicted molar refractivity (Wildman–Crippen MR) is 119 cm³/mol. The molecule has 2 aromatic heterocycles. The topological polar surface area (TPSA) is 44.2 Å². The van der Waals surface area contributed by atoms with E-state index in [0.29, 0.717) is 36.8 Å². The SMILES string of the molecule is CC(C)COc1cc2nc(c1)C(C)CCC(C)c1cnc(OCC(C)(C)C)c-2c1. The largest absolute Gasteiger partial charge is 0.493 e. The third-order valence-electron chi connectivity index (χ3n) is 5.30. The highest BCUT2D eigenvalue weighted by atomic mass is 16.5. The van der Waals surface area contributed by atoms with Crippen molar-refractivity contribution < 1.29 is 9.47 Å². The molecule has 0 amide bonds. The molecule has 2 aromatic rings. The van der Waals surface area contributed by atoms with E-state index in [-0.39, 0.29) is 5.41 Å². The van der Waals surface area contributed by atoms with Crippen molar-refractivity contribution in [3.05, 3.63) is 35.7 Å². The second kappa shape index (κ2) is 8.73. The third kappa shape index (κ3) is 5.71. The highest BCUT2D eigenvalue weighted by molar-refractivity contribution is 5.67. The highest BCUT2D eigenvalue weighted by Gasteiger charge is 2.22. The van der Waals surface area contributed by atoms with Gasteiger partial charge >= 0.3 is 0 Å². The van der Waals surface area contributed by atoms with E-state index < -0.39 is 0 Å². The van der Waals surface area contributed by atoms with Gasteiger partial charge < -0.3 is 9.47 Å². The van der Waals surface area contributed by atoms with Crippen LogP contribution in [-0.4, -0.2) is 23.2 Å². The molecule has 158 valence electrons. The Morgan fingerprint density at radius 3 is 2.45 bits per heavy atom. The van der Waals surface area contributed by atoms with Crippen LogP contribution in [0.25, 0.3) is 11.3 Å². The lowest BCUT2D eigenvalue weighted by molar-refractivity contribution is 0.192. The van der Waals surface area contributed by atoms with Gasteiger partial charge in [0.1, 0.15) is 5.75 Å². The van der Waals surface area contributed by atoms with E-state index in [1.165, 1.54) is 5.56 Å². The summed E-state index contributed by atoms with van der Waals surface area (Å²) in [5.41, 5.74) is 4.24. The van der Waals surface area contributed by atoms with Crippen molar-refractivity contribution in [2.75, 3.05) is 13.2 Å². The maximum Gasteiger partial charge on any atom is 0.222 e. The van der Waals surface area contributed by atoms with Crippen molar-refractivity contribution in [1.82, 2.24) is 9.97 Å². The van der Waals surface area contributed by atoms with E-state index >= 15 is 0 Å². The molecule has 2 unspecified atom stereocenters. The molecule has 0 saturated heterocycles. The van der Waals surface area contributed by atoms with Gasteiger partial charge in [-0.25, -0.2) is 4.98 Å². The first-order valence-electron chi connectivity index (χ1n) is 10.9. The molecule has 0 aliphatic carbocycles. The molecule has 1 aliphatic rings. The smallest absolute Gasteiger partial charge is 0.222 e. The summed E-state index contributed by atoms with van der Waals surface area (Å²) in [4.78, 5) is 9.71. The van der Waals surface area contributed by atoms with Crippen LogP contribution in [0.15, 0.2) is 24.4 Å². The molecule has 3 heterocycles. The number of hydrogen-bond acceptors (Lipinski definition) is 4. The molecule has 0 aromatic carbocycles. The number of fused-ring (bicyclic) bond motifs is 5. The molecule has 29 heavy (non-hydrogen) atoms. The van der Waals surface area contributed by atoms with Crippen LogP contribution in [0.2, 0.25) is 0 Å². The Bertz CT molecular complexity index is 839. The van der Waals surface area contributed by atoms with Gasteiger partial charge in [0.05, 0.1) is 24.5 Å². The van der Waals surface area contributed by atoms with Crippen molar-refractivity contribution in [3.8, 4) is 22.9 Å². The average molecular weight is 397 g/mol. The van der Waals surface area contributed by atoms with Crippen molar-refractivity contribution in [3.63, 3.8) is 0 Å². The molecule has 1 aliphatic heterocycles. The summed E-state index contributed by atoms with van der Waals surface area (Å²) in [6.45, 7) is 16.7. The molecule has 0 fully saturated rings. The molecule has 2 atom stereocenters. The number of pyridine rings is 2. The molecule has 0 spiro atoms. The van der Waals surface area contributed by atoms with E-state index in [2.05, 4.69) is 60.6 Å². The molecule has 0 N–H and O–H groups in total. The summed E-state index contributed by atoms with van der Waals surface area (Å²) in [5, 5.41) is 0. The predicted octanol–water partition coefficient (Wildman–Crippen LogP) is 6.60. The van der Waals surface area contributed by atoms with Crippen LogP contribution < -0.4 is 9.47 Å². The first-order chi connectivity index (χ1) is 13.6. The molecular formula is C25H36N2O2. The van der Waals surface area contributed by atoms with Gasteiger partial charge in [0.25, 0.3) is 0 Å². The fourth-order valence-corrected chi connectivity index (χ4v) is 3.40. The molecule has 0 radical (unpaired) electrons. The lowest BCUT2D eigenvalue weighted by atomic mass is 9.89. The minimum Gasteiger partial charge on any atom is -0.493 e. The Kier molecular flexibility index (Phi) is 6.50. The summed E-state index contributed by atoms with van der Waals surface area (Å²) in [6.07, 6.45) is 4.18. The molecule has 4 bridgehead atoms. The van der Waals surface area contributed by atoms with Gasteiger partial charge in [0.15, 0.2) is 0 Å². The lowest BCUT2D eigenvalue weighted by Crippen LogP contribution is -2.18. The quantitative estimate of drug-likeness (QED) is 0.571. The van der Waals surface area contributed by atoms with Crippen LogP contribution in [0, 0.1) is 11.3 Å². The van der Waals surface area contributed by atoms with Crippen LogP contribution in [0.1, 0.15) is 84.4 Å². The van der Waals surface area contributed by atoms with Gasteiger partial charge in [0.2, 0.25) is 5.88 Å². The fourth-order valence-electron chi connectivity index (χ4n) is 3.40. The maximum absolute atomic E-state index is 6.16. The van der Waals surface area contributed by atoms with Gasteiger partial charge in [-0.2, -0.15) is 0 Å². The van der Waals surface area contributed by atoms with E-state index in [4.69, 9.17) is 19.4 Å². The summed E-state index contributed by atoms with van der Waals surface area (Å²) in [7, 11) is 0. The number of aromatic nitrogens is 2. The van der Waals surface area contributed by atoms with Gasteiger partial charge in [-0.1, -0.05) is 48.5 Å². The number of nitrogens with zero attached hydrogens (tertiary/aromatic N) is 2. The van der Waals surface area contributed by atoms with Crippen molar-refractivity contribution in [1.29, 1.82) is 0 Å². The normalized spacial score (nSPS) is 19.2. The van der Waals surface area contributed by atoms with Crippen LogP contribution in [-0.2, 0) is 0 Å². The van der Waals surface area contributed by atoms with Crippen LogP contribution in [0.4, 0.5) is 0 Å². The van der Waals surface area contributed by atoms with Crippen molar-refractivity contribution >= 4 is 0 Å². The number of hydrogen-bond donors (Lipinski definition) is 0.